The van der Waals surface area contributed by atoms with Gasteiger partial charge in [0.05, 0.1) is 6.57 Å². The SMILES string of the molecule is [C-]#[N+]c1ccc(C)c(-c2cccc[n+]2C)c1. The van der Waals surface area contributed by atoms with Crippen molar-refractivity contribution in [3.8, 4) is 11.3 Å². The lowest BCUT2D eigenvalue weighted by Gasteiger charge is -2.04. The molecule has 0 amide bonds. The number of rotatable bonds is 1. The highest BCUT2D eigenvalue weighted by atomic mass is 14.9. The monoisotopic (exact) mass is 209 g/mol. The minimum atomic E-state index is 0.685. The van der Waals surface area contributed by atoms with Gasteiger partial charge in [-0.15, -0.1) is 0 Å². The zero-order chi connectivity index (χ0) is 11.5. The van der Waals surface area contributed by atoms with Gasteiger partial charge < -0.3 is 0 Å². The van der Waals surface area contributed by atoms with Crippen molar-refractivity contribution in [3.63, 3.8) is 0 Å². The van der Waals surface area contributed by atoms with Crippen molar-refractivity contribution in [2.24, 2.45) is 7.05 Å². The fourth-order valence-electron chi connectivity index (χ4n) is 1.76. The van der Waals surface area contributed by atoms with Crippen LogP contribution in [0.2, 0.25) is 0 Å². The van der Waals surface area contributed by atoms with Gasteiger partial charge in [0.15, 0.2) is 11.9 Å². The lowest BCUT2D eigenvalue weighted by atomic mass is 10.0. The highest BCUT2D eigenvalue weighted by Crippen LogP contribution is 2.25. The number of pyridine rings is 1. The van der Waals surface area contributed by atoms with E-state index >= 15 is 0 Å². The molecule has 0 unspecified atom stereocenters. The predicted octanol–water partition coefficient (Wildman–Crippen LogP) is 3.04. The summed E-state index contributed by atoms with van der Waals surface area (Å²) in [4.78, 5) is 3.47. The molecular weight excluding hydrogens is 196 g/mol. The number of hydrogen-bond acceptors (Lipinski definition) is 0. The molecule has 0 atom stereocenters. The Labute approximate surface area is 95.6 Å². The van der Waals surface area contributed by atoms with Crippen molar-refractivity contribution in [1.82, 2.24) is 0 Å². The summed E-state index contributed by atoms with van der Waals surface area (Å²) in [5.41, 5.74) is 4.13. The van der Waals surface area contributed by atoms with Gasteiger partial charge in [-0.1, -0.05) is 12.1 Å². The van der Waals surface area contributed by atoms with Crippen molar-refractivity contribution in [2.45, 2.75) is 6.92 Å². The first-order valence-corrected chi connectivity index (χ1v) is 5.15. The summed E-state index contributed by atoms with van der Waals surface area (Å²) < 4.78 is 2.07. The lowest BCUT2D eigenvalue weighted by molar-refractivity contribution is -0.660. The molecule has 0 aliphatic rings. The minimum absolute atomic E-state index is 0.685. The summed E-state index contributed by atoms with van der Waals surface area (Å²) in [7, 11) is 2.01. The highest BCUT2D eigenvalue weighted by Gasteiger charge is 2.11. The summed E-state index contributed by atoms with van der Waals surface area (Å²) >= 11 is 0. The normalized spacial score (nSPS) is 9.81. The second kappa shape index (κ2) is 4.16. The smallest absolute Gasteiger partial charge is 0.211 e. The molecule has 1 heterocycles. The summed E-state index contributed by atoms with van der Waals surface area (Å²) in [6.45, 7) is 9.11. The van der Waals surface area contributed by atoms with Crippen LogP contribution >= 0.6 is 0 Å². The minimum Gasteiger partial charge on any atom is -0.238 e. The average molecular weight is 209 g/mol. The molecule has 2 rings (SSSR count). The molecule has 16 heavy (non-hydrogen) atoms. The third-order valence-corrected chi connectivity index (χ3v) is 2.68. The van der Waals surface area contributed by atoms with Crippen LogP contribution in [0.4, 0.5) is 5.69 Å². The average Bonchev–Trinajstić information content (AvgIpc) is 2.31. The quantitative estimate of drug-likeness (QED) is 0.504. The van der Waals surface area contributed by atoms with E-state index in [1.54, 1.807) is 0 Å². The first-order valence-electron chi connectivity index (χ1n) is 5.15. The molecule has 1 aromatic heterocycles. The van der Waals surface area contributed by atoms with Crippen LogP contribution in [0, 0.1) is 13.5 Å². The second-order valence-corrected chi connectivity index (χ2v) is 3.81. The van der Waals surface area contributed by atoms with Crippen molar-refractivity contribution in [3.05, 3.63) is 59.6 Å². The van der Waals surface area contributed by atoms with E-state index in [9.17, 15) is 0 Å². The van der Waals surface area contributed by atoms with Crippen LogP contribution in [0.15, 0.2) is 42.6 Å². The Kier molecular flexibility index (Phi) is 2.70. The Morgan fingerprint density at radius 2 is 2.00 bits per heavy atom. The second-order valence-electron chi connectivity index (χ2n) is 3.81. The van der Waals surface area contributed by atoms with E-state index in [0.29, 0.717) is 5.69 Å². The van der Waals surface area contributed by atoms with E-state index in [0.717, 1.165) is 11.3 Å². The maximum Gasteiger partial charge on any atom is 0.211 e. The van der Waals surface area contributed by atoms with E-state index in [-0.39, 0.29) is 0 Å². The molecule has 2 nitrogen and oxygen atoms in total. The van der Waals surface area contributed by atoms with Crippen LogP contribution in [-0.2, 0) is 7.05 Å². The maximum atomic E-state index is 7.05. The molecule has 78 valence electrons. The number of hydrogen-bond donors (Lipinski definition) is 0. The van der Waals surface area contributed by atoms with Gasteiger partial charge in [-0.05, 0) is 24.6 Å². The Morgan fingerprint density at radius 3 is 2.69 bits per heavy atom. The topological polar surface area (TPSA) is 8.24 Å². The van der Waals surface area contributed by atoms with Crippen LogP contribution in [0.1, 0.15) is 5.56 Å². The van der Waals surface area contributed by atoms with Gasteiger partial charge in [-0.2, -0.15) is 0 Å². The van der Waals surface area contributed by atoms with E-state index in [4.69, 9.17) is 6.57 Å². The summed E-state index contributed by atoms with van der Waals surface area (Å²) in [5, 5.41) is 0. The fraction of sp³-hybridized carbons (Fsp3) is 0.143. The van der Waals surface area contributed by atoms with Crippen LogP contribution in [0.5, 0.6) is 0 Å². The number of benzene rings is 1. The molecular formula is C14H13N2+. The lowest BCUT2D eigenvalue weighted by Crippen LogP contribution is -2.30. The molecule has 2 aromatic rings. The molecule has 0 fully saturated rings. The Morgan fingerprint density at radius 1 is 1.19 bits per heavy atom. The zero-order valence-corrected chi connectivity index (χ0v) is 9.44. The van der Waals surface area contributed by atoms with Crippen LogP contribution < -0.4 is 4.57 Å². The molecule has 1 aromatic carbocycles. The van der Waals surface area contributed by atoms with Gasteiger partial charge >= 0.3 is 0 Å². The van der Waals surface area contributed by atoms with Gasteiger partial charge in [0.25, 0.3) is 0 Å². The van der Waals surface area contributed by atoms with Gasteiger partial charge in [-0.3, -0.25) is 0 Å². The molecule has 2 heteroatoms. The summed E-state index contributed by atoms with van der Waals surface area (Å²) in [6.07, 6.45) is 2.01. The molecule has 0 N–H and O–H groups in total. The first kappa shape index (κ1) is 10.4. The van der Waals surface area contributed by atoms with Gasteiger partial charge in [0.1, 0.15) is 7.05 Å². The maximum absolute atomic E-state index is 7.05. The van der Waals surface area contributed by atoms with E-state index in [1.807, 2.05) is 43.6 Å². The van der Waals surface area contributed by atoms with Crippen LogP contribution in [-0.4, -0.2) is 0 Å². The third-order valence-electron chi connectivity index (χ3n) is 2.68. The molecule has 0 saturated heterocycles. The van der Waals surface area contributed by atoms with Crippen molar-refractivity contribution in [2.75, 3.05) is 0 Å². The largest absolute Gasteiger partial charge is 0.238 e. The van der Waals surface area contributed by atoms with Crippen LogP contribution in [0.25, 0.3) is 16.1 Å². The number of nitrogens with zero attached hydrogens (tertiary/aromatic N) is 2. The molecule has 0 radical (unpaired) electrons. The van der Waals surface area contributed by atoms with Gasteiger partial charge in [0.2, 0.25) is 5.69 Å². The molecule has 0 saturated carbocycles. The standard InChI is InChI=1S/C14H13N2/c1-11-7-8-12(15-2)10-13(11)14-6-4-5-9-16(14)3/h4-10H,1,3H3/q+1. The highest BCUT2D eigenvalue weighted by molar-refractivity contribution is 5.67. The number of aryl methyl sites for hydroxylation is 2. The van der Waals surface area contributed by atoms with Gasteiger partial charge in [0, 0.05) is 17.7 Å². The van der Waals surface area contributed by atoms with Gasteiger partial charge in [-0.25, -0.2) is 9.41 Å². The summed E-state index contributed by atoms with van der Waals surface area (Å²) in [6, 6.07) is 11.9. The van der Waals surface area contributed by atoms with Crippen molar-refractivity contribution >= 4 is 5.69 Å². The number of aromatic nitrogens is 1. The third kappa shape index (κ3) is 1.80. The Hall–Kier alpha value is -2.14. The van der Waals surface area contributed by atoms with Crippen LogP contribution in [0.3, 0.4) is 0 Å². The zero-order valence-electron chi connectivity index (χ0n) is 9.44. The van der Waals surface area contributed by atoms with E-state index < -0.39 is 0 Å². The predicted molar refractivity (Wildman–Crippen MR) is 64.1 cm³/mol. The molecule has 0 aliphatic carbocycles. The van der Waals surface area contributed by atoms with E-state index in [1.165, 1.54) is 5.56 Å². The molecule has 0 aliphatic heterocycles. The molecule has 0 bridgehead atoms. The Bertz CT molecular complexity index is 565. The summed E-state index contributed by atoms with van der Waals surface area (Å²) in [5.74, 6) is 0. The van der Waals surface area contributed by atoms with Crippen molar-refractivity contribution < 1.29 is 4.57 Å². The molecule has 0 spiro atoms. The first-order chi connectivity index (χ1) is 7.72. The fourth-order valence-corrected chi connectivity index (χ4v) is 1.76. The van der Waals surface area contributed by atoms with Crippen molar-refractivity contribution in [1.29, 1.82) is 0 Å². The Balaban J connectivity index is 2.65. The van der Waals surface area contributed by atoms with E-state index in [2.05, 4.69) is 22.4 Å².